The van der Waals surface area contributed by atoms with Crippen molar-refractivity contribution >= 4 is 35.2 Å². The molecule has 0 saturated heterocycles. The van der Waals surface area contributed by atoms with Crippen molar-refractivity contribution in [3.05, 3.63) is 46.7 Å². The molecule has 0 aliphatic carbocycles. The van der Waals surface area contributed by atoms with E-state index in [4.69, 9.17) is 16.3 Å². The Kier molecular flexibility index (Phi) is 8.35. The largest absolute Gasteiger partial charge is 0.497 e. The molecule has 27 heavy (non-hydrogen) atoms. The second-order valence-corrected chi connectivity index (χ2v) is 7.05. The van der Waals surface area contributed by atoms with Crippen LogP contribution in [0.2, 0.25) is 5.02 Å². The highest BCUT2D eigenvalue weighted by Crippen LogP contribution is 2.17. The van der Waals surface area contributed by atoms with Gasteiger partial charge in [0.05, 0.1) is 18.3 Å². The summed E-state index contributed by atoms with van der Waals surface area (Å²) in [5.74, 6) is 0.957. The first kappa shape index (κ1) is 21.0. The molecule has 1 heterocycles. The maximum atomic E-state index is 12.2. The van der Waals surface area contributed by atoms with Crippen molar-refractivity contribution in [3.8, 4) is 5.75 Å². The number of amides is 2. The topological polar surface area (TPSA) is 93.2 Å². The summed E-state index contributed by atoms with van der Waals surface area (Å²) in [5.41, 5.74) is 1.07. The number of benzene rings is 1. The van der Waals surface area contributed by atoms with Crippen LogP contribution in [0.1, 0.15) is 29.4 Å². The van der Waals surface area contributed by atoms with Gasteiger partial charge in [-0.15, -0.1) is 0 Å². The van der Waals surface area contributed by atoms with Crippen LogP contribution in [0.4, 0.5) is 0 Å². The summed E-state index contributed by atoms with van der Waals surface area (Å²) in [6.07, 6.45) is 1.56. The summed E-state index contributed by atoms with van der Waals surface area (Å²) in [5, 5.41) is 6.12. The summed E-state index contributed by atoms with van der Waals surface area (Å²) in [4.78, 5) is 32.3. The van der Waals surface area contributed by atoms with Gasteiger partial charge in [-0.05, 0) is 23.4 Å². The van der Waals surface area contributed by atoms with E-state index < -0.39 is 5.91 Å². The molecule has 0 radical (unpaired) electrons. The molecule has 0 atom stereocenters. The number of halogens is 1. The highest BCUT2D eigenvalue weighted by molar-refractivity contribution is 7.99. The van der Waals surface area contributed by atoms with Crippen LogP contribution in [-0.4, -0.2) is 41.2 Å². The number of carbonyl (C=O) groups excluding carboxylic acids is 2. The highest BCUT2D eigenvalue weighted by Gasteiger charge is 2.14. The number of hydrogen-bond donors (Lipinski definition) is 2. The van der Waals surface area contributed by atoms with E-state index in [1.54, 1.807) is 7.11 Å². The maximum absolute atomic E-state index is 12.2. The number of methoxy groups -OCH3 is 1. The highest BCUT2D eigenvalue weighted by atomic mass is 35.5. The van der Waals surface area contributed by atoms with Gasteiger partial charge in [0, 0.05) is 19.5 Å². The molecule has 2 N–H and O–H groups in total. The fourth-order valence-corrected chi connectivity index (χ4v) is 2.83. The first-order valence-electron chi connectivity index (χ1n) is 8.36. The minimum Gasteiger partial charge on any atom is -0.497 e. The van der Waals surface area contributed by atoms with Crippen LogP contribution in [0, 0.1) is 0 Å². The summed E-state index contributed by atoms with van der Waals surface area (Å²) in [6, 6.07) is 7.42. The third kappa shape index (κ3) is 6.73. The van der Waals surface area contributed by atoms with Crippen LogP contribution < -0.4 is 15.4 Å². The second kappa shape index (κ2) is 10.7. The Hall–Kier alpha value is -2.32. The molecule has 2 rings (SSSR count). The van der Waals surface area contributed by atoms with E-state index in [9.17, 15) is 9.59 Å². The number of thioether (sulfide) groups is 1. The van der Waals surface area contributed by atoms with E-state index in [2.05, 4.69) is 20.6 Å². The molecule has 0 spiro atoms. The molecule has 0 bridgehead atoms. The first-order chi connectivity index (χ1) is 13.0. The minimum absolute atomic E-state index is 0.112. The van der Waals surface area contributed by atoms with Crippen LogP contribution in [0.5, 0.6) is 5.75 Å². The van der Waals surface area contributed by atoms with Gasteiger partial charge in [0.2, 0.25) is 5.91 Å². The van der Waals surface area contributed by atoms with Crippen molar-refractivity contribution in [2.24, 2.45) is 0 Å². The number of rotatable bonds is 9. The lowest BCUT2D eigenvalue weighted by atomic mass is 10.2. The van der Waals surface area contributed by atoms with Gasteiger partial charge in [-0.25, -0.2) is 9.97 Å². The first-order valence-corrected chi connectivity index (χ1v) is 9.73. The molecule has 1 aromatic carbocycles. The van der Waals surface area contributed by atoms with Crippen LogP contribution in [0.3, 0.4) is 0 Å². The molecule has 1 aromatic heterocycles. The summed E-state index contributed by atoms with van der Waals surface area (Å²) >= 11 is 7.41. The zero-order valence-corrected chi connectivity index (χ0v) is 16.7. The normalized spacial score (nSPS) is 10.3. The van der Waals surface area contributed by atoms with Crippen molar-refractivity contribution in [1.82, 2.24) is 20.6 Å². The number of nitrogens with one attached hydrogen (secondary N) is 2. The lowest BCUT2D eigenvalue weighted by Gasteiger charge is -2.08. The van der Waals surface area contributed by atoms with Crippen molar-refractivity contribution in [3.63, 3.8) is 0 Å². The number of ether oxygens (including phenoxy) is 1. The second-order valence-electron chi connectivity index (χ2n) is 5.41. The lowest BCUT2D eigenvalue weighted by Crippen LogP contribution is -2.31. The molecule has 0 fully saturated rings. The predicted octanol–water partition coefficient (Wildman–Crippen LogP) is 2.69. The van der Waals surface area contributed by atoms with Crippen LogP contribution in [0.25, 0.3) is 0 Å². The Labute approximate surface area is 167 Å². The predicted molar refractivity (Wildman–Crippen MR) is 105 cm³/mol. The summed E-state index contributed by atoms with van der Waals surface area (Å²) in [6.45, 7) is 2.56. The van der Waals surface area contributed by atoms with E-state index in [1.165, 1.54) is 18.0 Å². The Morgan fingerprint density at radius 3 is 2.63 bits per heavy atom. The van der Waals surface area contributed by atoms with E-state index in [0.717, 1.165) is 17.1 Å². The molecule has 7 nitrogen and oxygen atoms in total. The average molecular weight is 409 g/mol. The van der Waals surface area contributed by atoms with E-state index in [1.807, 2.05) is 31.2 Å². The van der Waals surface area contributed by atoms with E-state index in [-0.39, 0.29) is 29.6 Å². The summed E-state index contributed by atoms with van der Waals surface area (Å²) in [7, 11) is 1.60. The van der Waals surface area contributed by atoms with Gasteiger partial charge < -0.3 is 15.4 Å². The molecule has 0 aliphatic heterocycles. The molecule has 9 heteroatoms. The molecule has 2 aromatic rings. The zero-order chi connectivity index (χ0) is 19.6. The van der Waals surface area contributed by atoms with Crippen molar-refractivity contribution in [2.75, 3.05) is 19.4 Å². The number of nitrogens with zero attached hydrogens (tertiary/aromatic N) is 2. The van der Waals surface area contributed by atoms with E-state index >= 15 is 0 Å². The fourth-order valence-electron chi connectivity index (χ4n) is 2.11. The van der Waals surface area contributed by atoms with Gasteiger partial charge in [0.15, 0.2) is 10.9 Å². The molecule has 144 valence electrons. The van der Waals surface area contributed by atoms with Crippen LogP contribution in [-0.2, 0) is 11.3 Å². The Bertz CT molecular complexity index is 787. The van der Waals surface area contributed by atoms with Crippen molar-refractivity contribution < 1.29 is 14.3 Å². The zero-order valence-electron chi connectivity index (χ0n) is 15.1. The number of aromatic nitrogens is 2. The standard InChI is InChI=1S/C18H21ClN4O3S/c1-3-27-18-22-11-14(19)16(23-18)17(25)20-9-8-15(24)21-10-12-4-6-13(26-2)7-5-12/h4-7,11H,3,8-10H2,1-2H3,(H,20,25)(H,21,24). The lowest BCUT2D eigenvalue weighted by molar-refractivity contribution is -0.121. The molecule has 0 unspecified atom stereocenters. The van der Waals surface area contributed by atoms with Gasteiger partial charge in [-0.2, -0.15) is 0 Å². The fraction of sp³-hybridized carbons (Fsp3) is 0.333. The molecular formula is C18H21ClN4O3S. The monoisotopic (exact) mass is 408 g/mol. The van der Waals surface area contributed by atoms with Crippen molar-refractivity contribution in [2.45, 2.75) is 25.0 Å². The van der Waals surface area contributed by atoms with Gasteiger partial charge in [0.25, 0.3) is 5.91 Å². The molecular weight excluding hydrogens is 388 g/mol. The van der Waals surface area contributed by atoms with Crippen LogP contribution in [0.15, 0.2) is 35.6 Å². The quantitative estimate of drug-likeness (QED) is 0.489. The number of hydrogen-bond acceptors (Lipinski definition) is 6. The Balaban J connectivity index is 1.77. The van der Waals surface area contributed by atoms with Crippen LogP contribution >= 0.6 is 23.4 Å². The molecule has 0 saturated carbocycles. The maximum Gasteiger partial charge on any atom is 0.271 e. The minimum atomic E-state index is -0.427. The SMILES string of the molecule is CCSc1ncc(Cl)c(C(=O)NCCC(=O)NCc2ccc(OC)cc2)n1. The molecule has 2 amide bonds. The van der Waals surface area contributed by atoms with Gasteiger partial charge in [0.1, 0.15) is 5.75 Å². The van der Waals surface area contributed by atoms with Gasteiger partial charge >= 0.3 is 0 Å². The third-order valence-corrected chi connectivity index (χ3v) is 4.52. The molecule has 0 aliphatic rings. The van der Waals surface area contributed by atoms with Gasteiger partial charge in [-0.3, -0.25) is 9.59 Å². The number of carbonyl (C=O) groups is 2. The summed E-state index contributed by atoms with van der Waals surface area (Å²) < 4.78 is 5.09. The Morgan fingerprint density at radius 1 is 1.22 bits per heavy atom. The van der Waals surface area contributed by atoms with Gasteiger partial charge in [-0.1, -0.05) is 42.4 Å². The van der Waals surface area contributed by atoms with Crippen molar-refractivity contribution in [1.29, 1.82) is 0 Å². The third-order valence-electron chi connectivity index (χ3n) is 3.50. The average Bonchev–Trinajstić information content (AvgIpc) is 2.68. The smallest absolute Gasteiger partial charge is 0.271 e. The Morgan fingerprint density at radius 2 is 1.96 bits per heavy atom. The van der Waals surface area contributed by atoms with E-state index in [0.29, 0.717) is 11.7 Å².